The molecule has 0 atom stereocenters. The number of nitrogens with one attached hydrogen (secondary N) is 2. The van der Waals surface area contributed by atoms with Crippen LogP contribution in [0, 0.1) is 0 Å². The Kier molecular flexibility index (Phi) is 5.61. The van der Waals surface area contributed by atoms with E-state index in [4.69, 9.17) is 0 Å². The van der Waals surface area contributed by atoms with Gasteiger partial charge in [-0.05, 0) is 49.1 Å². The summed E-state index contributed by atoms with van der Waals surface area (Å²) in [6, 6.07) is 10.3. The van der Waals surface area contributed by atoms with Gasteiger partial charge in [0.2, 0.25) is 0 Å². The van der Waals surface area contributed by atoms with Gasteiger partial charge in [-0.25, -0.2) is 9.97 Å². The van der Waals surface area contributed by atoms with Gasteiger partial charge in [0.05, 0.1) is 22.9 Å². The highest BCUT2D eigenvalue weighted by molar-refractivity contribution is 5.92. The minimum absolute atomic E-state index is 0.0817. The van der Waals surface area contributed by atoms with Crippen molar-refractivity contribution in [2.75, 3.05) is 31.1 Å². The van der Waals surface area contributed by atoms with E-state index in [0.717, 1.165) is 62.3 Å². The minimum atomic E-state index is -0.101. The number of carbonyl (C=O) groups excluding carboxylic acids is 1. The van der Waals surface area contributed by atoms with E-state index in [9.17, 15) is 9.59 Å². The molecule has 1 amide bonds. The molecule has 3 heterocycles. The van der Waals surface area contributed by atoms with Gasteiger partial charge in [0, 0.05) is 38.8 Å². The average molecular weight is 433 g/mol. The lowest BCUT2D eigenvalue weighted by Crippen LogP contribution is -2.46. The molecule has 166 valence electrons. The van der Waals surface area contributed by atoms with Crippen LogP contribution < -0.4 is 15.8 Å². The van der Waals surface area contributed by atoms with Gasteiger partial charge < -0.3 is 15.2 Å². The van der Waals surface area contributed by atoms with E-state index in [-0.39, 0.29) is 11.5 Å². The Bertz CT molecular complexity index is 1180. The van der Waals surface area contributed by atoms with Gasteiger partial charge in [0.1, 0.15) is 11.4 Å². The Balaban J connectivity index is 1.18. The molecule has 0 unspecified atom stereocenters. The quantitative estimate of drug-likeness (QED) is 0.620. The molecule has 1 saturated carbocycles. The Morgan fingerprint density at radius 1 is 1.16 bits per heavy atom. The molecule has 0 spiro atoms. The second kappa shape index (κ2) is 8.70. The number of pyridine rings is 1. The van der Waals surface area contributed by atoms with Crippen LogP contribution in [0.25, 0.3) is 11.0 Å². The summed E-state index contributed by atoms with van der Waals surface area (Å²) in [4.78, 5) is 40.7. The molecule has 3 aromatic rings. The van der Waals surface area contributed by atoms with Crippen molar-refractivity contribution in [1.29, 1.82) is 0 Å². The summed E-state index contributed by atoms with van der Waals surface area (Å²) in [6.45, 7) is 6.45. The summed E-state index contributed by atoms with van der Waals surface area (Å²) < 4.78 is 0. The second-order valence-corrected chi connectivity index (χ2v) is 8.63. The first-order chi connectivity index (χ1) is 15.6. The molecule has 32 heavy (non-hydrogen) atoms. The molecule has 8 heteroatoms. The third kappa shape index (κ3) is 4.50. The number of benzene rings is 1. The van der Waals surface area contributed by atoms with Gasteiger partial charge in [0.15, 0.2) is 0 Å². The largest absolute Gasteiger partial charge is 0.368 e. The van der Waals surface area contributed by atoms with Gasteiger partial charge >= 0.3 is 0 Å². The lowest BCUT2D eigenvalue weighted by atomic mass is 10.1. The monoisotopic (exact) mass is 432 g/mol. The van der Waals surface area contributed by atoms with Crippen LogP contribution in [0.4, 0.5) is 5.69 Å². The van der Waals surface area contributed by atoms with Crippen molar-refractivity contribution < 1.29 is 4.79 Å². The standard InChI is InChI=1S/C24H28N6O2/c1-2-19-23(31)28-22-13-16(3-7-20(22)27-19)15-29-9-11-30(12-10-29)18-6-8-21(25-14-18)24(32)26-17-4-5-17/h3,6-8,13-14,17H,2,4-5,9-12,15H2,1H3,(H,26,32)(H,28,31). The minimum Gasteiger partial charge on any atom is -0.368 e. The molecule has 2 aromatic heterocycles. The highest BCUT2D eigenvalue weighted by atomic mass is 16.2. The lowest BCUT2D eigenvalue weighted by Gasteiger charge is -2.36. The molecular formula is C24H28N6O2. The van der Waals surface area contributed by atoms with E-state index in [1.165, 1.54) is 5.56 Å². The van der Waals surface area contributed by atoms with Crippen LogP contribution >= 0.6 is 0 Å². The number of aryl methyl sites for hydroxylation is 1. The maximum absolute atomic E-state index is 12.1. The van der Waals surface area contributed by atoms with Crippen molar-refractivity contribution in [2.24, 2.45) is 0 Å². The number of piperazine rings is 1. The molecule has 1 aliphatic heterocycles. The van der Waals surface area contributed by atoms with Crippen molar-refractivity contribution in [3.63, 3.8) is 0 Å². The van der Waals surface area contributed by atoms with Gasteiger partial charge in [-0.3, -0.25) is 14.5 Å². The molecular weight excluding hydrogens is 404 g/mol. The van der Waals surface area contributed by atoms with Crippen molar-refractivity contribution >= 4 is 22.6 Å². The molecule has 1 aliphatic carbocycles. The molecule has 1 saturated heterocycles. The lowest BCUT2D eigenvalue weighted by molar-refractivity contribution is 0.0946. The number of fused-ring (bicyclic) bond motifs is 1. The van der Waals surface area contributed by atoms with E-state index >= 15 is 0 Å². The van der Waals surface area contributed by atoms with E-state index in [2.05, 4.69) is 36.1 Å². The maximum Gasteiger partial charge on any atom is 0.270 e. The summed E-state index contributed by atoms with van der Waals surface area (Å²) in [7, 11) is 0. The number of nitrogens with zero attached hydrogens (tertiary/aromatic N) is 4. The topological polar surface area (TPSA) is 94.2 Å². The third-order valence-electron chi connectivity index (χ3n) is 6.20. The molecule has 2 fully saturated rings. The van der Waals surface area contributed by atoms with Gasteiger partial charge in [-0.15, -0.1) is 0 Å². The number of rotatable bonds is 6. The Labute approximate surface area is 186 Å². The number of aromatic amines is 1. The summed E-state index contributed by atoms with van der Waals surface area (Å²) in [5.74, 6) is -0.0817. The number of anilines is 1. The number of hydrogen-bond acceptors (Lipinski definition) is 6. The van der Waals surface area contributed by atoms with E-state index in [1.54, 1.807) is 6.20 Å². The summed E-state index contributed by atoms with van der Waals surface area (Å²) in [5.41, 5.74) is 4.79. The van der Waals surface area contributed by atoms with Crippen LogP contribution in [0.3, 0.4) is 0 Å². The number of aromatic nitrogens is 3. The Hall–Kier alpha value is -3.26. The van der Waals surface area contributed by atoms with Crippen LogP contribution in [-0.2, 0) is 13.0 Å². The predicted molar refractivity (Wildman–Crippen MR) is 124 cm³/mol. The number of hydrogen-bond donors (Lipinski definition) is 2. The smallest absolute Gasteiger partial charge is 0.270 e. The first kappa shape index (κ1) is 20.6. The van der Waals surface area contributed by atoms with Gasteiger partial charge in [-0.2, -0.15) is 0 Å². The zero-order valence-electron chi connectivity index (χ0n) is 18.3. The van der Waals surface area contributed by atoms with Crippen molar-refractivity contribution in [2.45, 2.75) is 38.8 Å². The maximum atomic E-state index is 12.1. The zero-order valence-corrected chi connectivity index (χ0v) is 18.3. The van der Waals surface area contributed by atoms with Crippen LogP contribution in [0.5, 0.6) is 0 Å². The fourth-order valence-electron chi connectivity index (χ4n) is 4.13. The Morgan fingerprint density at radius 2 is 1.97 bits per heavy atom. The first-order valence-corrected chi connectivity index (χ1v) is 11.3. The van der Waals surface area contributed by atoms with Crippen LogP contribution in [0.15, 0.2) is 41.3 Å². The van der Waals surface area contributed by atoms with Crippen LogP contribution in [0.2, 0.25) is 0 Å². The highest BCUT2D eigenvalue weighted by Crippen LogP contribution is 2.20. The number of H-pyrrole nitrogens is 1. The van der Waals surface area contributed by atoms with Crippen LogP contribution in [0.1, 0.15) is 41.5 Å². The first-order valence-electron chi connectivity index (χ1n) is 11.3. The van der Waals surface area contributed by atoms with E-state index < -0.39 is 0 Å². The fourth-order valence-corrected chi connectivity index (χ4v) is 4.13. The molecule has 8 nitrogen and oxygen atoms in total. The van der Waals surface area contributed by atoms with Gasteiger partial charge in [-0.1, -0.05) is 13.0 Å². The fraction of sp³-hybridized carbons (Fsp3) is 0.417. The second-order valence-electron chi connectivity index (χ2n) is 8.63. The molecule has 2 aliphatic rings. The van der Waals surface area contributed by atoms with Crippen LogP contribution in [-0.4, -0.2) is 58.0 Å². The normalized spacial score (nSPS) is 17.0. The highest BCUT2D eigenvalue weighted by Gasteiger charge is 2.24. The SMILES string of the molecule is CCc1nc2ccc(CN3CCN(c4ccc(C(=O)NC5CC5)nc4)CC3)cc2[nH]c1=O. The summed E-state index contributed by atoms with van der Waals surface area (Å²) >= 11 is 0. The van der Waals surface area contributed by atoms with Crippen molar-refractivity contribution in [3.05, 3.63) is 63.8 Å². The summed E-state index contributed by atoms with van der Waals surface area (Å²) in [6.07, 6.45) is 4.57. The average Bonchev–Trinajstić information content (AvgIpc) is 3.63. The predicted octanol–water partition coefficient (Wildman–Crippen LogP) is 2.09. The zero-order chi connectivity index (χ0) is 22.1. The van der Waals surface area contributed by atoms with Gasteiger partial charge in [0.25, 0.3) is 11.5 Å². The van der Waals surface area contributed by atoms with Crippen molar-refractivity contribution in [1.82, 2.24) is 25.2 Å². The third-order valence-corrected chi connectivity index (χ3v) is 6.20. The molecule has 2 N–H and O–H groups in total. The number of amides is 1. The number of carbonyl (C=O) groups is 1. The van der Waals surface area contributed by atoms with E-state index in [0.29, 0.717) is 23.9 Å². The summed E-state index contributed by atoms with van der Waals surface area (Å²) in [5, 5.41) is 2.97. The molecule has 1 aromatic carbocycles. The molecule has 0 radical (unpaired) electrons. The van der Waals surface area contributed by atoms with Crippen molar-refractivity contribution in [3.8, 4) is 0 Å². The van der Waals surface area contributed by atoms with E-state index in [1.807, 2.05) is 31.2 Å². The molecule has 0 bridgehead atoms. The Morgan fingerprint density at radius 3 is 2.66 bits per heavy atom. The molecule has 5 rings (SSSR count).